The number of nitrogens with zero attached hydrogens (tertiary/aromatic N) is 1. The fourth-order valence-electron chi connectivity index (χ4n) is 3.72. The predicted octanol–water partition coefficient (Wildman–Crippen LogP) is 3.91. The van der Waals surface area contributed by atoms with Gasteiger partial charge in [0.15, 0.2) is 0 Å². The van der Waals surface area contributed by atoms with Crippen molar-refractivity contribution in [2.45, 2.75) is 70.6 Å². The molecule has 1 amide bonds. The number of hydrogen-bond acceptors (Lipinski definition) is 4. The monoisotopic (exact) mass is 391 g/mol. The van der Waals surface area contributed by atoms with Crippen LogP contribution in [0.3, 0.4) is 0 Å². The molecule has 0 bridgehead atoms. The van der Waals surface area contributed by atoms with Crippen molar-refractivity contribution < 1.29 is 29.3 Å². The van der Waals surface area contributed by atoms with Crippen LogP contribution in [0.1, 0.15) is 57.4 Å². The molecule has 7 heteroatoms. The molecule has 1 aliphatic carbocycles. The van der Waals surface area contributed by atoms with Gasteiger partial charge in [-0.05, 0) is 31.2 Å². The van der Waals surface area contributed by atoms with Crippen molar-refractivity contribution in [1.82, 2.24) is 4.90 Å². The largest absolute Gasteiger partial charge is 0.480 e. The average molecular weight is 391 g/mol. The van der Waals surface area contributed by atoms with E-state index in [2.05, 4.69) is 0 Å². The number of carboxylic acids is 2. The number of carbonyl (C=O) groups excluding carboxylic acids is 1. The molecule has 28 heavy (non-hydrogen) atoms. The minimum Gasteiger partial charge on any atom is -0.480 e. The van der Waals surface area contributed by atoms with Crippen LogP contribution in [0.15, 0.2) is 30.3 Å². The molecule has 1 fully saturated rings. The van der Waals surface area contributed by atoms with Gasteiger partial charge < -0.3 is 14.9 Å². The minimum absolute atomic E-state index is 0.0442. The quantitative estimate of drug-likeness (QED) is 0.661. The first-order valence-electron chi connectivity index (χ1n) is 9.84. The number of rotatable bonds is 9. The van der Waals surface area contributed by atoms with Crippen molar-refractivity contribution in [1.29, 1.82) is 0 Å². The van der Waals surface area contributed by atoms with Crippen molar-refractivity contribution in [3.63, 3.8) is 0 Å². The molecule has 0 spiro atoms. The van der Waals surface area contributed by atoms with Crippen LogP contribution in [-0.2, 0) is 20.9 Å². The standard InChI is InChI=1S/C21H29NO6/c1-15(19(23)24)22(21(27)28-14-17-10-6-3-7-11-17)18(20(25)26)13-12-16-8-4-2-5-9-16/h3,6-7,10-11,15-16,18H,2,4-5,8-9,12-14H2,1H3,(H,23,24)(H,25,26). The summed E-state index contributed by atoms with van der Waals surface area (Å²) in [6.07, 6.45) is 5.54. The topological polar surface area (TPSA) is 104 Å². The maximum absolute atomic E-state index is 12.6. The van der Waals surface area contributed by atoms with Gasteiger partial charge in [0.2, 0.25) is 0 Å². The van der Waals surface area contributed by atoms with Gasteiger partial charge in [0, 0.05) is 0 Å². The highest BCUT2D eigenvalue weighted by molar-refractivity contribution is 5.85. The number of ether oxygens (including phenoxy) is 1. The predicted molar refractivity (Wildman–Crippen MR) is 103 cm³/mol. The van der Waals surface area contributed by atoms with Crippen LogP contribution < -0.4 is 0 Å². The van der Waals surface area contributed by atoms with E-state index < -0.39 is 30.1 Å². The number of carbonyl (C=O) groups is 3. The molecule has 0 radical (unpaired) electrons. The summed E-state index contributed by atoms with van der Waals surface area (Å²) in [7, 11) is 0. The normalized spacial score (nSPS) is 16.8. The van der Waals surface area contributed by atoms with Crippen LogP contribution in [0.2, 0.25) is 0 Å². The zero-order valence-corrected chi connectivity index (χ0v) is 16.3. The Morgan fingerprint density at radius 3 is 2.29 bits per heavy atom. The minimum atomic E-state index is -1.30. The number of carboxylic acid groups (broad SMARTS) is 2. The van der Waals surface area contributed by atoms with Crippen LogP contribution >= 0.6 is 0 Å². The summed E-state index contributed by atoms with van der Waals surface area (Å²) >= 11 is 0. The Kier molecular flexibility index (Phi) is 8.29. The number of amides is 1. The van der Waals surface area contributed by atoms with Gasteiger partial charge in [0.1, 0.15) is 18.7 Å². The Hall–Kier alpha value is -2.57. The van der Waals surface area contributed by atoms with Crippen LogP contribution in [0, 0.1) is 5.92 Å². The Labute approximate surface area is 165 Å². The molecule has 1 aliphatic rings. The fraction of sp³-hybridized carbons (Fsp3) is 0.571. The highest BCUT2D eigenvalue weighted by Gasteiger charge is 2.37. The van der Waals surface area contributed by atoms with Crippen molar-refractivity contribution in [2.24, 2.45) is 5.92 Å². The molecule has 154 valence electrons. The van der Waals surface area contributed by atoms with Crippen molar-refractivity contribution in [3.05, 3.63) is 35.9 Å². The summed E-state index contributed by atoms with van der Waals surface area (Å²) in [5.41, 5.74) is 0.743. The van der Waals surface area contributed by atoms with E-state index in [1.807, 2.05) is 6.07 Å². The fourth-order valence-corrected chi connectivity index (χ4v) is 3.72. The van der Waals surface area contributed by atoms with Gasteiger partial charge in [-0.15, -0.1) is 0 Å². The molecule has 2 atom stereocenters. The third-order valence-corrected chi connectivity index (χ3v) is 5.38. The van der Waals surface area contributed by atoms with Gasteiger partial charge in [-0.25, -0.2) is 14.4 Å². The molecule has 0 heterocycles. The van der Waals surface area contributed by atoms with Crippen molar-refractivity contribution in [2.75, 3.05) is 0 Å². The van der Waals surface area contributed by atoms with Gasteiger partial charge >= 0.3 is 18.0 Å². The first kappa shape index (κ1) is 21.7. The molecule has 0 saturated heterocycles. The molecule has 1 aromatic rings. The van der Waals surface area contributed by atoms with Gasteiger partial charge in [-0.1, -0.05) is 62.4 Å². The molecule has 0 aromatic heterocycles. The maximum atomic E-state index is 12.6. The second-order valence-electron chi connectivity index (χ2n) is 7.40. The Balaban J connectivity index is 2.09. The summed E-state index contributed by atoms with van der Waals surface area (Å²) in [6, 6.07) is 6.45. The summed E-state index contributed by atoms with van der Waals surface area (Å²) in [5.74, 6) is -2.04. The van der Waals surface area contributed by atoms with Crippen LogP contribution in [0.5, 0.6) is 0 Å². The molecule has 7 nitrogen and oxygen atoms in total. The zero-order valence-electron chi connectivity index (χ0n) is 16.3. The molecule has 1 aromatic carbocycles. The number of hydrogen-bond donors (Lipinski definition) is 2. The van der Waals surface area contributed by atoms with Crippen molar-refractivity contribution >= 4 is 18.0 Å². The first-order chi connectivity index (χ1) is 13.4. The van der Waals surface area contributed by atoms with E-state index in [0.717, 1.165) is 36.1 Å². The van der Waals surface area contributed by atoms with Gasteiger partial charge in [-0.2, -0.15) is 0 Å². The molecular weight excluding hydrogens is 362 g/mol. The highest BCUT2D eigenvalue weighted by atomic mass is 16.6. The number of aliphatic carboxylic acids is 2. The second-order valence-corrected chi connectivity index (χ2v) is 7.40. The Morgan fingerprint density at radius 2 is 1.71 bits per heavy atom. The third kappa shape index (κ3) is 6.25. The Bertz CT molecular complexity index is 656. The summed E-state index contributed by atoms with van der Waals surface area (Å²) < 4.78 is 5.24. The third-order valence-electron chi connectivity index (χ3n) is 5.38. The second kappa shape index (κ2) is 10.7. The average Bonchev–Trinajstić information content (AvgIpc) is 2.70. The molecule has 0 aliphatic heterocycles. The molecular formula is C21H29NO6. The van der Waals surface area contributed by atoms with Crippen LogP contribution in [0.25, 0.3) is 0 Å². The van der Waals surface area contributed by atoms with E-state index in [9.17, 15) is 24.6 Å². The summed E-state index contributed by atoms with van der Waals surface area (Å²) in [5, 5.41) is 19.1. The van der Waals surface area contributed by atoms with Gasteiger partial charge in [-0.3, -0.25) is 4.90 Å². The van der Waals surface area contributed by atoms with Gasteiger partial charge in [0.05, 0.1) is 0 Å². The first-order valence-corrected chi connectivity index (χ1v) is 9.84. The molecule has 2 rings (SSSR count). The van der Waals surface area contributed by atoms with Crippen molar-refractivity contribution in [3.8, 4) is 0 Å². The molecule has 1 saturated carbocycles. The lowest BCUT2D eigenvalue weighted by molar-refractivity contribution is -0.149. The lowest BCUT2D eigenvalue weighted by Crippen LogP contribution is -2.52. The molecule has 2 unspecified atom stereocenters. The number of benzene rings is 1. The van der Waals surface area contributed by atoms with E-state index in [4.69, 9.17) is 4.74 Å². The molecule has 2 N–H and O–H groups in total. The highest BCUT2D eigenvalue weighted by Crippen LogP contribution is 2.29. The smallest absolute Gasteiger partial charge is 0.411 e. The summed E-state index contributed by atoms with van der Waals surface area (Å²) in [4.78, 5) is 36.9. The lowest BCUT2D eigenvalue weighted by Gasteiger charge is -2.32. The summed E-state index contributed by atoms with van der Waals surface area (Å²) in [6.45, 7) is 1.26. The van der Waals surface area contributed by atoms with Gasteiger partial charge in [0.25, 0.3) is 0 Å². The Morgan fingerprint density at radius 1 is 1.07 bits per heavy atom. The van der Waals surface area contributed by atoms with Crippen LogP contribution in [0.4, 0.5) is 4.79 Å². The SMILES string of the molecule is CC(C(=O)O)N(C(=O)OCc1ccccc1)C(CCC1CCCCC1)C(=O)O. The van der Waals surface area contributed by atoms with E-state index in [0.29, 0.717) is 12.3 Å². The van der Waals surface area contributed by atoms with E-state index in [-0.39, 0.29) is 13.0 Å². The van der Waals surface area contributed by atoms with E-state index >= 15 is 0 Å². The lowest BCUT2D eigenvalue weighted by atomic mass is 9.85. The van der Waals surface area contributed by atoms with E-state index in [1.165, 1.54) is 13.3 Å². The maximum Gasteiger partial charge on any atom is 0.411 e. The van der Waals surface area contributed by atoms with E-state index in [1.54, 1.807) is 24.3 Å². The zero-order chi connectivity index (χ0) is 20.5. The van der Waals surface area contributed by atoms with Crippen LogP contribution in [-0.4, -0.2) is 45.2 Å².